The first kappa shape index (κ1) is 9.92. The average molecular weight is 158 g/mol. The third-order valence-corrected chi connectivity index (χ3v) is 3.57. The summed E-state index contributed by atoms with van der Waals surface area (Å²) in [5.41, 5.74) is 0. The van der Waals surface area contributed by atoms with Crippen LogP contribution in [-0.4, -0.2) is 14.4 Å². The first-order valence-electron chi connectivity index (χ1n) is 3.76. The zero-order valence-corrected chi connectivity index (χ0v) is 8.48. The van der Waals surface area contributed by atoms with Crippen molar-refractivity contribution in [3.63, 3.8) is 0 Å². The van der Waals surface area contributed by atoms with E-state index in [9.17, 15) is 0 Å². The van der Waals surface area contributed by atoms with Crippen molar-refractivity contribution in [2.45, 2.75) is 39.1 Å². The van der Waals surface area contributed by atoms with Gasteiger partial charge in [-0.3, -0.25) is 0 Å². The Kier molecular flexibility index (Phi) is 3.90. The summed E-state index contributed by atoms with van der Waals surface area (Å²) in [5.74, 6) is 0. The smallest absolute Gasteiger partial charge is 0.190 e. The third-order valence-electron chi connectivity index (χ3n) is 1.19. The van der Waals surface area contributed by atoms with Crippen molar-refractivity contribution >= 4 is 8.32 Å². The molecule has 0 aliphatic heterocycles. The molecule has 0 fully saturated rings. The van der Waals surface area contributed by atoms with E-state index in [-0.39, 0.29) is 0 Å². The molecule has 0 saturated carbocycles. The lowest BCUT2D eigenvalue weighted by molar-refractivity contribution is 0.233. The minimum atomic E-state index is -1.38. The summed E-state index contributed by atoms with van der Waals surface area (Å²) < 4.78 is 5.75. The molecule has 0 aromatic carbocycles. The predicted molar refractivity (Wildman–Crippen MR) is 48.7 cm³/mol. The van der Waals surface area contributed by atoms with Gasteiger partial charge in [0.25, 0.3) is 0 Å². The van der Waals surface area contributed by atoms with Crippen molar-refractivity contribution in [3.05, 3.63) is 12.7 Å². The van der Waals surface area contributed by atoms with E-state index in [1.54, 1.807) is 0 Å². The molecule has 0 aromatic rings. The standard InChI is InChI=1S/C8H18OSi/c1-6-7-10(4,5)9-8(2)3/h6,8H,1,7H2,2-5H3. The van der Waals surface area contributed by atoms with Crippen molar-refractivity contribution in [2.75, 3.05) is 0 Å². The maximum absolute atomic E-state index is 5.75. The van der Waals surface area contributed by atoms with Gasteiger partial charge in [-0.25, -0.2) is 0 Å². The molecule has 0 aliphatic rings. The van der Waals surface area contributed by atoms with Gasteiger partial charge in [0.15, 0.2) is 8.32 Å². The summed E-state index contributed by atoms with van der Waals surface area (Å²) in [4.78, 5) is 0. The molecule has 0 spiro atoms. The van der Waals surface area contributed by atoms with Gasteiger partial charge in [0.05, 0.1) is 0 Å². The Hall–Kier alpha value is -0.0831. The minimum absolute atomic E-state index is 0.363. The van der Waals surface area contributed by atoms with Crippen LogP contribution in [0, 0.1) is 0 Å². The molecular formula is C8H18OSi. The van der Waals surface area contributed by atoms with Gasteiger partial charge >= 0.3 is 0 Å². The molecule has 0 atom stereocenters. The van der Waals surface area contributed by atoms with E-state index < -0.39 is 8.32 Å². The highest BCUT2D eigenvalue weighted by Gasteiger charge is 2.21. The fourth-order valence-electron chi connectivity index (χ4n) is 1.03. The lowest BCUT2D eigenvalue weighted by atomic mass is 10.5. The molecule has 0 heterocycles. The van der Waals surface area contributed by atoms with Crippen molar-refractivity contribution in [2.24, 2.45) is 0 Å². The van der Waals surface area contributed by atoms with Crippen molar-refractivity contribution in [1.82, 2.24) is 0 Å². The highest BCUT2D eigenvalue weighted by Crippen LogP contribution is 2.13. The number of rotatable bonds is 4. The third kappa shape index (κ3) is 4.76. The maximum Gasteiger partial charge on any atom is 0.190 e. The molecule has 0 rings (SSSR count). The number of hydrogen-bond donors (Lipinski definition) is 0. The van der Waals surface area contributed by atoms with E-state index in [1.165, 1.54) is 0 Å². The highest BCUT2D eigenvalue weighted by molar-refractivity contribution is 6.71. The molecule has 0 amide bonds. The quantitative estimate of drug-likeness (QED) is 0.451. The van der Waals surface area contributed by atoms with Crippen LogP contribution in [0.15, 0.2) is 12.7 Å². The van der Waals surface area contributed by atoms with Crippen molar-refractivity contribution in [3.8, 4) is 0 Å². The Morgan fingerprint density at radius 3 is 2.30 bits per heavy atom. The molecule has 0 bridgehead atoms. The Morgan fingerprint density at radius 2 is 2.00 bits per heavy atom. The van der Waals surface area contributed by atoms with E-state index in [0.29, 0.717) is 6.10 Å². The lowest BCUT2D eigenvalue weighted by Crippen LogP contribution is -2.32. The Balaban J connectivity index is 3.73. The highest BCUT2D eigenvalue weighted by atomic mass is 28.4. The van der Waals surface area contributed by atoms with Crippen LogP contribution in [0.1, 0.15) is 13.8 Å². The normalized spacial score (nSPS) is 12.1. The van der Waals surface area contributed by atoms with E-state index in [4.69, 9.17) is 4.43 Å². The zero-order chi connectivity index (χ0) is 8.20. The van der Waals surface area contributed by atoms with Crippen LogP contribution in [0.4, 0.5) is 0 Å². The van der Waals surface area contributed by atoms with Crippen LogP contribution in [-0.2, 0) is 4.43 Å². The van der Waals surface area contributed by atoms with Crippen LogP contribution < -0.4 is 0 Å². The average Bonchev–Trinajstić information content (AvgIpc) is 1.59. The van der Waals surface area contributed by atoms with E-state index in [1.807, 2.05) is 6.08 Å². The van der Waals surface area contributed by atoms with Crippen LogP contribution >= 0.6 is 0 Å². The molecule has 0 radical (unpaired) electrons. The molecule has 0 aliphatic carbocycles. The lowest BCUT2D eigenvalue weighted by Gasteiger charge is -2.23. The van der Waals surface area contributed by atoms with Crippen molar-refractivity contribution in [1.29, 1.82) is 0 Å². The molecule has 10 heavy (non-hydrogen) atoms. The topological polar surface area (TPSA) is 9.23 Å². The monoisotopic (exact) mass is 158 g/mol. The summed E-state index contributed by atoms with van der Waals surface area (Å²) in [5, 5.41) is 0. The zero-order valence-electron chi connectivity index (χ0n) is 7.48. The fraction of sp³-hybridized carbons (Fsp3) is 0.750. The number of allylic oxidation sites excluding steroid dienone is 1. The summed E-state index contributed by atoms with van der Waals surface area (Å²) in [6.07, 6.45) is 2.32. The predicted octanol–water partition coefficient (Wildman–Crippen LogP) is 2.80. The second-order valence-corrected chi connectivity index (χ2v) is 7.58. The van der Waals surface area contributed by atoms with Crippen LogP contribution in [0.25, 0.3) is 0 Å². The van der Waals surface area contributed by atoms with Gasteiger partial charge in [0.1, 0.15) is 0 Å². The van der Waals surface area contributed by atoms with Gasteiger partial charge in [-0.2, -0.15) is 0 Å². The molecule has 60 valence electrons. The minimum Gasteiger partial charge on any atom is -0.415 e. The largest absolute Gasteiger partial charge is 0.415 e. The first-order chi connectivity index (χ1) is 4.48. The number of hydrogen-bond acceptors (Lipinski definition) is 1. The van der Waals surface area contributed by atoms with E-state index in [0.717, 1.165) is 6.04 Å². The van der Waals surface area contributed by atoms with Crippen molar-refractivity contribution < 1.29 is 4.43 Å². The molecule has 0 unspecified atom stereocenters. The Labute approximate surface area is 65.2 Å². The van der Waals surface area contributed by atoms with Gasteiger partial charge in [0, 0.05) is 6.10 Å². The maximum atomic E-state index is 5.75. The summed E-state index contributed by atoms with van der Waals surface area (Å²) in [6, 6.07) is 1.05. The summed E-state index contributed by atoms with van der Waals surface area (Å²) in [6.45, 7) is 12.3. The molecule has 0 N–H and O–H groups in total. The van der Waals surface area contributed by atoms with Crippen LogP contribution in [0.5, 0.6) is 0 Å². The van der Waals surface area contributed by atoms with Gasteiger partial charge in [0.2, 0.25) is 0 Å². The molecule has 1 nitrogen and oxygen atoms in total. The Morgan fingerprint density at radius 1 is 1.50 bits per heavy atom. The van der Waals surface area contributed by atoms with Gasteiger partial charge < -0.3 is 4.43 Å². The Bertz CT molecular complexity index is 108. The molecular weight excluding hydrogens is 140 g/mol. The first-order valence-corrected chi connectivity index (χ1v) is 6.88. The SMILES string of the molecule is C=CC[Si](C)(C)OC(C)C. The van der Waals surface area contributed by atoms with E-state index in [2.05, 4.69) is 33.5 Å². The molecule has 0 saturated heterocycles. The van der Waals surface area contributed by atoms with Gasteiger partial charge in [-0.1, -0.05) is 6.08 Å². The second kappa shape index (κ2) is 3.94. The van der Waals surface area contributed by atoms with Crippen LogP contribution in [0.3, 0.4) is 0 Å². The van der Waals surface area contributed by atoms with Crippen LogP contribution in [0.2, 0.25) is 19.1 Å². The molecule has 2 heteroatoms. The summed E-state index contributed by atoms with van der Waals surface area (Å²) in [7, 11) is -1.38. The molecule has 0 aromatic heterocycles. The van der Waals surface area contributed by atoms with E-state index >= 15 is 0 Å². The van der Waals surface area contributed by atoms with Gasteiger partial charge in [-0.05, 0) is 33.0 Å². The summed E-state index contributed by atoms with van der Waals surface area (Å²) >= 11 is 0. The van der Waals surface area contributed by atoms with Gasteiger partial charge in [-0.15, -0.1) is 6.58 Å². The second-order valence-electron chi connectivity index (χ2n) is 3.42. The fourth-order valence-corrected chi connectivity index (χ4v) is 3.10.